The van der Waals surface area contributed by atoms with Crippen molar-refractivity contribution in [3.05, 3.63) is 20.8 Å². The van der Waals surface area contributed by atoms with E-state index in [-0.39, 0.29) is 0 Å². The van der Waals surface area contributed by atoms with Gasteiger partial charge in [0.2, 0.25) is 5.95 Å². The second-order valence-electron chi connectivity index (χ2n) is 6.20. The summed E-state index contributed by atoms with van der Waals surface area (Å²) in [6.07, 6.45) is 9.66. The molecule has 0 spiro atoms. The number of aromatic nitrogens is 4. The second kappa shape index (κ2) is 8.68. The van der Waals surface area contributed by atoms with E-state index < -0.39 is 11.2 Å². The number of anilines is 1. The number of rotatable bonds is 10. The number of fused-ring (bicyclic) bond motifs is 1. The number of hydrazine groups is 1. The number of nitrogens with two attached hydrogens (primary N) is 1. The average Bonchev–Trinajstić information content (AvgIpc) is 2.94. The summed E-state index contributed by atoms with van der Waals surface area (Å²) < 4.78 is 3.08. The summed E-state index contributed by atoms with van der Waals surface area (Å²) in [5.74, 6) is 5.92. The number of hydrogen-bond acceptors (Lipinski definition) is 5. The number of nitrogens with zero attached hydrogens (tertiary/aromatic N) is 3. The lowest BCUT2D eigenvalue weighted by atomic mass is 10.1. The van der Waals surface area contributed by atoms with E-state index in [9.17, 15) is 9.59 Å². The molecule has 0 aliphatic rings. The third kappa shape index (κ3) is 4.05. The number of aromatic amines is 1. The maximum absolute atomic E-state index is 12.1. The standard InChI is InChI=1S/C16H28N6O2/c1-3-4-5-6-7-8-9-10-11-22-12-13(18-15(22)20-17)21(2)16(24)19-14(12)23/h3-11,17H2,1-2H3,(H,18,20)(H,19,23,24). The molecular weight excluding hydrogens is 308 g/mol. The van der Waals surface area contributed by atoms with Crippen LogP contribution in [0.15, 0.2) is 9.59 Å². The smallest absolute Gasteiger partial charge is 0.303 e. The molecule has 0 fully saturated rings. The predicted molar refractivity (Wildman–Crippen MR) is 96.0 cm³/mol. The zero-order valence-electron chi connectivity index (χ0n) is 14.6. The summed E-state index contributed by atoms with van der Waals surface area (Å²) in [6, 6.07) is 0. The van der Waals surface area contributed by atoms with Crippen LogP contribution in [0.5, 0.6) is 0 Å². The van der Waals surface area contributed by atoms with Crippen molar-refractivity contribution < 1.29 is 0 Å². The van der Waals surface area contributed by atoms with Crippen molar-refractivity contribution in [3.8, 4) is 0 Å². The van der Waals surface area contributed by atoms with Gasteiger partial charge in [-0.2, -0.15) is 4.98 Å². The van der Waals surface area contributed by atoms with Gasteiger partial charge in [0.15, 0.2) is 11.2 Å². The van der Waals surface area contributed by atoms with Crippen LogP contribution in [0.1, 0.15) is 58.3 Å². The highest BCUT2D eigenvalue weighted by Crippen LogP contribution is 2.16. The maximum atomic E-state index is 12.1. The molecule has 8 heteroatoms. The molecule has 8 nitrogen and oxygen atoms in total. The first-order valence-electron chi connectivity index (χ1n) is 8.76. The zero-order valence-corrected chi connectivity index (χ0v) is 14.6. The highest BCUT2D eigenvalue weighted by Gasteiger charge is 2.16. The molecule has 2 aromatic heterocycles. The van der Waals surface area contributed by atoms with E-state index in [4.69, 9.17) is 5.84 Å². The maximum Gasteiger partial charge on any atom is 0.329 e. The lowest BCUT2D eigenvalue weighted by molar-refractivity contribution is 0.549. The van der Waals surface area contributed by atoms with E-state index in [2.05, 4.69) is 22.3 Å². The van der Waals surface area contributed by atoms with Crippen molar-refractivity contribution in [1.29, 1.82) is 0 Å². The average molecular weight is 336 g/mol. The first-order valence-corrected chi connectivity index (χ1v) is 8.76. The van der Waals surface area contributed by atoms with Crippen LogP contribution in [0.25, 0.3) is 11.2 Å². The van der Waals surface area contributed by atoms with Gasteiger partial charge in [0.25, 0.3) is 5.56 Å². The third-order valence-corrected chi connectivity index (χ3v) is 4.37. The Balaban J connectivity index is 2.02. The van der Waals surface area contributed by atoms with Crippen LogP contribution in [-0.2, 0) is 13.6 Å². The fourth-order valence-electron chi connectivity index (χ4n) is 2.97. The Bertz CT molecular complexity index is 773. The number of H-pyrrole nitrogens is 1. The van der Waals surface area contributed by atoms with Crippen molar-refractivity contribution in [2.75, 3.05) is 5.43 Å². The Hall–Kier alpha value is -2.09. The molecule has 0 saturated carbocycles. The molecule has 4 N–H and O–H groups in total. The SMILES string of the molecule is CCCCCCCCCCn1c(NN)nc2c1c(=O)[nH]c(=O)n2C. The number of imidazole rings is 1. The summed E-state index contributed by atoms with van der Waals surface area (Å²) in [4.78, 5) is 30.4. The molecule has 0 bridgehead atoms. The summed E-state index contributed by atoms with van der Waals surface area (Å²) in [6.45, 7) is 2.86. The van der Waals surface area contributed by atoms with Crippen LogP contribution in [0, 0.1) is 0 Å². The summed E-state index contributed by atoms with van der Waals surface area (Å²) in [5, 5.41) is 0. The van der Waals surface area contributed by atoms with Gasteiger partial charge in [-0.1, -0.05) is 51.9 Å². The van der Waals surface area contributed by atoms with Gasteiger partial charge in [0.05, 0.1) is 0 Å². The van der Waals surface area contributed by atoms with Crippen LogP contribution >= 0.6 is 0 Å². The lowest BCUT2D eigenvalue weighted by Crippen LogP contribution is -2.29. The molecule has 134 valence electrons. The molecule has 0 radical (unpaired) electrons. The molecule has 0 unspecified atom stereocenters. The minimum atomic E-state index is -0.479. The first kappa shape index (κ1) is 18.3. The number of unbranched alkanes of at least 4 members (excludes halogenated alkanes) is 7. The molecule has 0 atom stereocenters. The Kier molecular flexibility index (Phi) is 6.60. The van der Waals surface area contributed by atoms with Gasteiger partial charge >= 0.3 is 5.69 Å². The number of aryl methyl sites for hydroxylation is 2. The summed E-state index contributed by atoms with van der Waals surface area (Å²) >= 11 is 0. The molecule has 24 heavy (non-hydrogen) atoms. The molecule has 0 aromatic carbocycles. The number of nitrogens with one attached hydrogen (secondary N) is 2. The lowest BCUT2D eigenvalue weighted by Gasteiger charge is -2.08. The van der Waals surface area contributed by atoms with E-state index in [1.54, 1.807) is 11.6 Å². The highest BCUT2D eigenvalue weighted by molar-refractivity contribution is 5.73. The third-order valence-electron chi connectivity index (χ3n) is 4.37. The fraction of sp³-hybridized carbons (Fsp3) is 0.688. The van der Waals surface area contributed by atoms with Crippen molar-refractivity contribution >= 4 is 17.1 Å². The Labute approximate surface area is 141 Å². The number of hydrogen-bond donors (Lipinski definition) is 3. The Morgan fingerprint density at radius 1 is 1.08 bits per heavy atom. The Morgan fingerprint density at radius 2 is 1.71 bits per heavy atom. The van der Waals surface area contributed by atoms with Crippen LogP contribution < -0.4 is 22.5 Å². The van der Waals surface area contributed by atoms with Gasteiger partial charge in [-0.15, -0.1) is 0 Å². The van der Waals surface area contributed by atoms with Gasteiger partial charge < -0.3 is 4.57 Å². The van der Waals surface area contributed by atoms with E-state index in [1.807, 2.05) is 0 Å². The largest absolute Gasteiger partial charge is 0.329 e. The summed E-state index contributed by atoms with van der Waals surface area (Å²) in [7, 11) is 1.58. The zero-order chi connectivity index (χ0) is 17.5. The minimum Gasteiger partial charge on any atom is -0.303 e. The first-order chi connectivity index (χ1) is 11.6. The van der Waals surface area contributed by atoms with Crippen molar-refractivity contribution in [2.24, 2.45) is 12.9 Å². The second-order valence-corrected chi connectivity index (χ2v) is 6.20. The van der Waals surface area contributed by atoms with Gasteiger partial charge in [-0.3, -0.25) is 19.8 Å². The van der Waals surface area contributed by atoms with Crippen molar-refractivity contribution in [3.63, 3.8) is 0 Å². The Morgan fingerprint density at radius 3 is 2.33 bits per heavy atom. The van der Waals surface area contributed by atoms with Gasteiger partial charge in [0.1, 0.15) is 0 Å². The minimum absolute atomic E-state index is 0.344. The topological polar surface area (TPSA) is 111 Å². The van der Waals surface area contributed by atoms with Gasteiger partial charge in [0, 0.05) is 13.6 Å². The van der Waals surface area contributed by atoms with Crippen LogP contribution in [0.2, 0.25) is 0 Å². The monoisotopic (exact) mass is 336 g/mol. The van der Waals surface area contributed by atoms with Crippen molar-refractivity contribution in [2.45, 2.75) is 64.8 Å². The van der Waals surface area contributed by atoms with E-state index in [1.165, 1.54) is 43.1 Å². The van der Waals surface area contributed by atoms with E-state index in [0.29, 0.717) is 23.7 Å². The van der Waals surface area contributed by atoms with Crippen molar-refractivity contribution in [1.82, 2.24) is 19.1 Å². The highest BCUT2D eigenvalue weighted by atomic mass is 16.2. The van der Waals surface area contributed by atoms with Crippen LogP contribution in [-0.4, -0.2) is 19.1 Å². The fourth-order valence-corrected chi connectivity index (χ4v) is 2.97. The van der Waals surface area contributed by atoms with Gasteiger partial charge in [-0.05, 0) is 6.42 Å². The molecule has 0 saturated heterocycles. The molecule has 0 aliphatic carbocycles. The predicted octanol–water partition coefficient (Wildman–Crippen LogP) is 1.85. The summed E-state index contributed by atoms with van der Waals surface area (Å²) in [5.41, 5.74) is 2.34. The van der Waals surface area contributed by atoms with E-state index >= 15 is 0 Å². The quantitative estimate of drug-likeness (QED) is 0.348. The van der Waals surface area contributed by atoms with Gasteiger partial charge in [-0.25, -0.2) is 10.6 Å². The molecule has 0 aliphatic heterocycles. The van der Waals surface area contributed by atoms with Crippen LogP contribution in [0.3, 0.4) is 0 Å². The normalized spacial score (nSPS) is 11.3. The molecule has 2 rings (SSSR count). The van der Waals surface area contributed by atoms with E-state index in [0.717, 1.165) is 12.8 Å². The number of nitrogen functional groups attached to an aromatic ring is 1. The molecule has 0 amide bonds. The molecule has 2 aromatic rings. The molecule has 2 heterocycles. The van der Waals surface area contributed by atoms with Crippen LogP contribution in [0.4, 0.5) is 5.95 Å². The molecular formula is C16H28N6O2.